The Balaban J connectivity index is 1.54. The Hall–Kier alpha value is -3.79. The van der Waals surface area contributed by atoms with Crippen LogP contribution in [0.3, 0.4) is 0 Å². The molecule has 0 saturated heterocycles. The van der Waals surface area contributed by atoms with Crippen LogP contribution in [0, 0.1) is 0 Å². The molecular formula is C21H18BrN3O6. The number of carbonyl (C=O) groups is 2. The molecule has 3 rings (SSSR count). The van der Waals surface area contributed by atoms with E-state index in [9.17, 15) is 9.59 Å². The number of amidine groups is 1. The Bertz CT molecular complexity index is 1090. The number of amides is 1. The lowest BCUT2D eigenvalue weighted by atomic mass is 10.2. The van der Waals surface area contributed by atoms with Crippen LogP contribution in [0.1, 0.15) is 21.9 Å². The second-order valence-corrected chi connectivity index (χ2v) is 6.97. The number of furan rings is 1. The predicted molar refractivity (Wildman–Crippen MR) is 114 cm³/mol. The van der Waals surface area contributed by atoms with Crippen LogP contribution in [0.15, 0.2) is 74.7 Å². The van der Waals surface area contributed by atoms with Crippen molar-refractivity contribution in [1.29, 1.82) is 0 Å². The second-order valence-electron chi connectivity index (χ2n) is 6.12. The summed E-state index contributed by atoms with van der Waals surface area (Å²) >= 11 is 3.39. The highest BCUT2D eigenvalue weighted by Gasteiger charge is 2.14. The third-order valence-corrected chi connectivity index (χ3v) is 4.48. The van der Waals surface area contributed by atoms with E-state index in [1.54, 1.807) is 36.4 Å². The molecule has 0 aliphatic rings. The number of carbonyl (C=O) groups excluding carboxylic acids is 2. The van der Waals surface area contributed by atoms with Crippen LogP contribution in [0.5, 0.6) is 11.5 Å². The van der Waals surface area contributed by atoms with Crippen molar-refractivity contribution in [1.82, 2.24) is 0 Å². The number of hydrogen-bond donors (Lipinski definition) is 2. The van der Waals surface area contributed by atoms with Gasteiger partial charge in [-0.3, -0.25) is 4.79 Å². The maximum absolute atomic E-state index is 12.1. The van der Waals surface area contributed by atoms with E-state index in [2.05, 4.69) is 21.1 Å². The molecule has 0 spiro atoms. The molecule has 0 aliphatic heterocycles. The average Bonchev–Trinajstić information content (AvgIpc) is 3.25. The van der Waals surface area contributed by atoms with Crippen LogP contribution >= 0.6 is 15.9 Å². The van der Waals surface area contributed by atoms with Gasteiger partial charge in [-0.25, -0.2) is 4.79 Å². The number of nitrogens with two attached hydrogens (primary N) is 2. The van der Waals surface area contributed by atoms with Gasteiger partial charge in [0.05, 0.1) is 4.47 Å². The fraction of sp³-hybridized carbons (Fsp3) is 0.0952. The van der Waals surface area contributed by atoms with Crippen molar-refractivity contribution in [3.05, 3.63) is 82.2 Å². The largest absolute Gasteiger partial charge is 0.484 e. The van der Waals surface area contributed by atoms with Crippen molar-refractivity contribution >= 4 is 33.6 Å². The third kappa shape index (κ3) is 6.34. The molecule has 160 valence electrons. The highest BCUT2D eigenvalue weighted by atomic mass is 79.9. The minimum Gasteiger partial charge on any atom is -0.484 e. The zero-order chi connectivity index (χ0) is 22.2. The Morgan fingerprint density at radius 3 is 2.42 bits per heavy atom. The topological polar surface area (TPSA) is 139 Å². The van der Waals surface area contributed by atoms with E-state index in [1.807, 2.05) is 18.2 Å². The first-order valence-corrected chi connectivity index (χ1v) is 9.74. The van der Waals surface area contributed by atoms with Crippen molar-refractivity contribution in [3.8, 4) is 11.5 Å². The molecule has 0 unspecified atom stereocenters. The van der Waals surface area contributed by atoms with E-state index in [1.165, 1.54) is 6.07 Å². The summed E-state index contributed by atoms with van der Waals surface area (Å²) < 4.78 is 17.0. The van der Waals surface area contributed by atoms with Crippen LogP contribution in [-0.4, -0.2) is 24.3 Å². The Morgan fingerprint density at radius 2 is 1.71 bits per heavy atom. The molecule has 0 fully saturated rings. The monoisotopic (exact) mass is 487 g/mol. The lowest BCUT2D eigenvalue weighted by Gasteiger charge is -2.05. The van der Waals surface area contributed by atoms with Crippen LogP contribution in [0.2, 0.25) is 0 Å². The number of ether oxygens (including phenoxy) is 2. The molecule has 0 aliphatic carbocycles. The highest BCUT2D eigenvalue weighted by Crippen LogP contribution is 2.25. The molecule has 0 bridgehead atoms. The number of hydrogen-bond acceptors (Lipinski definition) is 7. The van der Waals surface area contributed by atoms with Gasteiger partial charge in [0.1, 0.15) is 23.9 Å². The van der Waals surface area contributed by atoms with Gasteiger partial charge in [-0.1, -0.05) is 17.3 Å². The molecule has 9 nitrogen and oxygen atoms in total. The first kappa shape index (κ1) is 21.9. The smallest absolute Gasteiger partial charge is 0.400 e. The van der Waals surface area contributed by atoms with Gasteiger partial charge < -0.3 is 30.2 Å². The van der Waals surface area contributed by atoms with Gasteiger partial charge >= 0.3 is 5.97 Å². The maximum Gasteiger partial charge on any atom is 0.400 e. The van der Waals surface area contributed by atoms with E-state index >= 15 is 0 Å². The number of para-hydroxylation sites is 1. The summed E-state index contributed by atoms with van der Waals surface area (Å²) in [5.41, 5.74) is 11.3. The summed E-state index contributed by atoms with van der Waals surface area (Å²) in [6, 6.07) is 16.8. The average molecular weight is 488 g/mol. The molecule has 1 amide bonds. The lowest BCUT2D eigenvalue weighted by Crippen LogP contribution is -2.20. The van der Waals surface area contributed by atoms with E-state index in [0.717, 1.165) is 4.47 Å². The summed E-state index contributed by atoms with van der Waals surface area (Å²) in [6.45, 7) is -0.106. The zero-order valence-electron chi connectivity index (χ0n) is 16.1. The summed E-state index contributed by atoms with van der Waals surface area (Å²) in [5.74, 6) is 0.0448. The van der Waals surface area contributed by atoms with Gasteiger partial charge in [-0.05, 0) is 64.5 Å². The molecule has 4 N–H and O–H groups in total. The lowest BCUT2D eigenvalue weighted by molar-refractivity contribution is -0.119. The predicted octanol–water partition coefficient (Wildman–Crippen LogP) is 2.96. The minimum absolute atomic E-state index is 0.0289. The minimum atomic E-state index is -0.809. The molecule has 3 aromatic rings. The molecule has 0 saturated carbocycles. The van der Waals surface area contributed by atoms with Crippen molar-refractivity contribution in [3.63, 3.8) is 0 Å². The fourth-order valence-corrected chi connectivity index (χ4v) is 2.74. The normalized spacial score (nSPS) is 11.1. The third-order valence-electron chi connectivity index (χ3n) is 3.83. The molecule has 2 aromatic carbocycles. The highest BCUT2D eigenvalue weighted by molar-refractivity contribution is 9.10. The number of rotatable bonds is 9. The SMILES string of the molecule is NC(=O)COc1ccc(/C(N)=N/OC(=O)c2ccc(COc3ccccc3Br)o2)cc1. The molecule has 10 heteroatoms. The number of nitrogens with zero attached hydrogens (tertiary/aromatic N) is 1. The summed E-state index contributed by atoms with van der Waals surface area (Å²) in [7, 11) is 0. The molecule has 1 heterocycles. The number of primary amides is 1. The van der Waals surface area contributed by atoms with Gasteiger partial charge in [-0.15, -0.1) is 0 Å². The fourth-order valence-electron chi connectivity index (χ4n) is 2.34. The summed E-state index contributed by atoms with van der Waals surface area (Å²) in [5, 5.41) is 3.62. The van der Waals surface area contributed by atoms with Crippen molar-refractivity contribution in [2.45, 2.75) is 6.61 Å². The van der Waals surface area contributed by atoms with Crippen molar-refractivity contribution in [2.75, 3.05) is 6.61 Å². The van der Waals surface area contributed by atoms with E-state index in [4.69, 9.17) is 30.2 Å². The first-order valence-electron chi connectivity index (χ1n) is 8.95. The van der Waals surface area contributed by atoms with Gasteiger partial charge in [0.2, 0.25) is 5.76 Å². The van der Waals surface area contributed by atoms with Crippen LogP contribution < -0.4 is 20.9 Å². The van der Waals surface area contributed by atoms with Gasteiger partial charge in [0.15, 0.2) is 12.4 Å². The van der Waals surface area contributed by atoms with Crippen LogP contribution in [0.25, 0.3) is 0 Å². The molecule has 31 heavy (non-hydrogen) atoms. The van der Waals surface area contributed by atoms with Crippen LogP contribution in [0.4, 0.5) is 0 Å². The Labute approximate surface area is 185 Å². The Morgan fingerprint density at radius 1 is 0.968 bits per heavy atom. The zero-order valence-corrected chi connectivity index (χ0v) is 17.7. The van der Waals surface area contributed by atoms with Crippen molar-refractivity contribution < 1.29 is 28.3 Å². The van der Waals surface area contributed by atoms with E-state index in [0.29, 0.717) is 22.8 Å². The second kappa shape index (κ2) is 10.3. The molecule has 1 aromatic heterocycles. The van der Waals surface area contributed by atoms with Gasteiger partial charge in [-0.2, -0.15) is 0 Å². The van der Waals surface area contributed by atoms with E-state index < -0.39 is 11.9 Å². The first-order chi connectivity index (χ1) is 14.9. The summed E-state index contributed by atoms with van der Waals surface area (Å²) in [4.78, 5) is 27.7. The van der Waals surface area contributed by atoms with Crippen molar-refractivity contribution in [2.24, 2.45) is 16.6 Å². The summed E-state index contributed by atoms with van der Waals surface area (Å²) in [6.07, 6.45) is 0. The quantitative estimate of drug-likeness (QED) is 0.204. The standard InChI is InChI=1S/C21H18BrN3O6/c22-16-3-1-2-4-17(16)29-11-15-9-10-18(30-15)21(27)31-25-20(24)13-5-7-14(8-6-13)28-12-19(23)26/h1-10H,11-12H2,(H2,23,26)(H2,24,25). The molecule has 0 atom stereocenters. The van der Waals surface area contributed by atoms with Gasteiger partial charge in [0, 0.05) is 5.56 Å². The number of oxime groups is 1. The maximum atomic E-state index is 12.1. The molecular weight excluding hydrogens is 470 g/mol. The molecule has 0 radical (unpaired) electrons. The van der Waals surface area contributed by atoms with E-state index in [-0.39, 0.29) is 24.8 Å². The van der Waals surface area contributed by atoms with Gasteiger partial charge in [0.25, 0.3) is 5.91 Å². The Kier molecular flexibility index (Phi) is 7.28. The number of halogens is 1. The number of benzene rings is 2. The van der Waals surface area contributed by atoms with Crippen LogP contribution in [-0.2, 0) is 16.2 Å².